The summed E-state index contributed by atoms with van der Waals surface area (Å²) in [4.78, 5) is 0. The van der Waals surface area contributed by atoms with E-state index in [2.05, 4.69) is 94.9 Å². The highest BCUT2D eigenvalue weighted by atomic mass is 28.4. The summed E-state index contributed by atoms with van der Waals surface area (Å²) in [6.45, 7) is 17.0. The lowest BCUT2D eigenvalue weighted by Crippen LogP contribution is -2.66. The first kappa shape index (κ1) is 30.5. The molecule has 0 aromatic heterocycles. The second-order valence-corrected chi connectivity index (χ2v) is 16.2. The third-order valence-electron chi connectivity index (χ3n) is 7.16. The fourth-order valence-corrected chi connectivity index (χ4v) is 10.0. The quantitative estimate of drug-likeness (QED) is 0.295. The van der Waals surface area contributed by atoms with Crippen LogP contribution in [0.5, 0.6) is 0 Å². The number of aliphatic hydroxyl groups is 2. The number of benzene rings is 2. The Bertz CT molecular complexity index is 991. The number of aliphatic hydroxyl groups excluding tert-OH is 2. The van der Waals surface area contributed by atoms with E-state index in [1.54, 1.807) is 12.2 Å². The molecule has 0 spiro atoms. The first-order valence-electron chi connectivity index (χ1n) is 13.7. The molecular formula is C32H46O5Si. The molecule has 5 nitrogen and oxygen atoms in total. The van der Waals surface area contributed by atoms with Gasteiger partial charge in [0.2, 0.25) is 0 Å². The van der Waals surface area contributed by atoms with Crippen LogP contribution in [0.25, 0.3) is 0 Å². The molecule has 1 fully saturated rings. The van der Waals surface area contributed by atoms with E-state index < -0.39 is 38.5 Å². The molecule has 3 rings (SSSR count). The Kier molecular flexibility index (Phi) is 10.3. The molecule has 2 aromatic rings. The molecular weight excluding hydrogens is 492 g/mol. The molecule has 1 heterocycles. The van der Waals surface area contributed by atoms with Crippen molar-refractivity contribution in [3.63, 3.8) is 0 Å². The van der Waals surface area contributed by atoms with Gasteiger partial charge >= 0.3 is 0 Å². The second-order valence-electron chi connectivity index (χ2n) is 11.9. The maximum absolute atomic E-state index is 10.7. The summed E-state index contributed by atoms with van der Waals surface area (Å²) < 4.78 is 18.6. The Balaban J connectivity index is 1.64. The van der Waals surface area contributed by atoms with Crippen LogP contribution in [0.1, 0.15) is 54.4 Å². The fraction of sp³-hybridized carbons (Fsp3) is 0.500. The van der Waals surface area contributed by atoms with Crippen molar-refractivity contribution in [1.82, 2.24) is 0 Å². The molecule has 0 unspecified atom stereocenters. The molecule has 0 bridgehead atoms. The lowest BCUT2D eigenvalue weighted by Gasteiger charge is -2.43. The van der Waals surface area contributed by atoms with Crippen molar-refractivity contribution in [2.24, 2.45) is 5.92 Å². The van der Waals surface area contributed by atoms with Gasteiger partial charge in [-0.05, 0) is 41.6 Å². The van der Waals surface area contributed by atoms with Gasteiger partial charge in [-0.2, -0.15) is 0 Å². The fourth-order valence-electron chi connectivity index (χ4n) is 5.32. The largest absolute Gasteiger partial charge is 0.407 e. The minimum absolute atomic E-state index is 0.0680. The van der Waals surface area contributed by atoms with Gasteiger partial charge in [0.1, 0.15) is 12.2 Å². The predicted octanol–water partition coefficient (Wildman–Crippen LogP) is 4.96. The van der Waals surface area contributed by atoms with Crippen LogP contribution in [0.2, 0.25) is 5.04 Å². The first-order chi connectivity index (χ1) is 17.9. The van der Waals surface area contributed by atoms with E-state index in [9.17, 15) is 10.2 Å². The maximum atomic E-state index is 10.7. The monoisotopic (exact) mass is 538 g/mol. The topological polar surface area (TPSA) is 68.2 Å². The van der Waals surface area contributed by atoms with Crippen LogP contribution in [0.15, 0.2) is 85.5 Å². The zero-order valence-corrected chi connectivity index (χ0v) is 24.8. The molecule has 2 N–H and O–H groups in total. The Hall–Kier alpha value is -2.06. The van der Waals surface area contributed by atoms with Crippen LogP contribution in [0.4, 0.5) is 0 Å². The number of hydrogen-bond donors (Lipinski definition) is 2. The van der Waals surface area contributed by atoms with E-state index in [1.165, 1.54) is 10.4 Å². The maximum Gasteiger partial charge on any atom is 0.261 e. The second kappa shape index (κ2) is 12.9. The molecule has 2 aromatic carbocycles. The number of rotatable bonds is 12. The van der Waals surface area contributed by atoms with E-state index in [-0.39, 0.29) is 17.4 Å². The van der Waals surface area contributed by atoms with Crippen LogP contribution >= 0.6 is 0 Å². The van der Waals surface area contributed by atoms with Gasteiger partial charge in [0.15, 0.2) is 5.79 Å². The summed E-state index contributed by atoms with van der Waals surface area (Å²) in [7, 11) is -2.57. The molecule has 0 amide bonds. The van der Waals surface area contributed by atoms with Crippen LogP contribution < -0.4 is 10.4 Å². The average molecular weight is 539 g/mol. The number of hydrogen-bond acceptors (Lipinski definition) is 5. The summed E-state index contributed by atoms with van der Waals surface area (Å²) in [5.41, 5.74) is 0. The van der Waals surface area contributed by atoms with E-state index >= 15 is 0 Å². The van der Waals surface area contributed by atoms with E-state index in [4.69, 9.17) is 13.9 Å². The molecule has 1 saturated heterocycles. The lowest BCUT2D eigenvalue weighted by atomic mass is 10.0. The molecule has 208 valence electrons. The molecule has 6 heteroatoms. The Morgan fingerprint density at radius 3 is 2.05 bits per heavy atom. The van der Waals surface area contributed by atoms with Crippen LogP contribution in [-0.4, -0.2) is 55.3 Å². The summed E-state index contributed by atoms with van der Waals surface area (Å²) in [5.74, 6) is -0.534. The molecule has 1 aliphatic rings. The van der Waals surface area contributed by atoms with Crippen molar-refractivity contribution in [3.05, 3.63) is 85.5 Å². The molecule has 38 heavy (non-hydrogen) atoms. The number of ether oxygens (including phenoxy) is 2. The standard InChI is InChI=1S/C32H46O5Si/c1-8-29-30(37-32(6,7)36-29)28(34)22-25(33)17-15-16-24(2)23-35-38(31(3,4)5,26-18-11-9-12-19-26)27-20-13-10-14-21-27/h8-15,17-21,24-25,28-30,33-34H,1,16,22-23H2,2-7H3/b17-15+/t24-,25+,28+,29+,30-/m1/s1. The van der Waals surface area contributed by atoms with E-state index in [0.717, 1.165) is 6.42 Å². The third kappa shape index (κ3) is 7.32. The van der Waals surface area contributed by atoms with Gasteiger partial charge in [0, 0.05) is 13.0 Å². The average Bonchev–Trinajstić information content (AvgIpc) is 3.19. The van der Waals surface area contributed by atoms with Crippen molar-refractivity contribution in [1.29, 1.82) is 0 Å². The highest BCUT2D eigenvalue weighted by Crippen LogP contribution is 2.37. The lowest BCUT2D eigenvalue weighted by molar-refractivity contribution is -0.154. The predicted molar refractivity (Wildman–Crippen MR) is 157 cm³/mol. The Labute approximate surface area is 230 Å². The molecule has 0 saturated carbocycles. The Morgan fingerprint density at radius 1 is 1.00 bits per heavy atom. The van der Waals surface area contributed by atoms with Gasteiger partial charge in [-0.1, -0.05) is 107 Å². The van der Waals surface area contributed by atoms with Gasteiger partial charge in [0.05, 0.1) is 12.2 Å². The first-order valence-corrected chi connectivity index (χ1v) is 15.6. The van der Waals surface area contributed by atoms with Gasteiger partial charge in [-0.3, -0.25) is 0 Å². The Morgan fingerprint density at radius 2 is 1.55 bits per heavy atom. The normalized spacial score (nSPS) is 22.3. The highest BCUT2D eigenvalue weighted by molar-refractivity contribution is 6.99. The third-order valence-corrected chi connectivity index (χ3v) is 12.2. The van der Waals surface area contributed by atoms with Gasteiger partial charge < -0.3 is 24.1 Å². The van der Waals surface area contributed by atoms with Crippen molar-refractivity contribution >= 4 is 18.7 Å². The van der Waals surface area contributed by atoms with E-state index in [1.807, 2.05) is 19.9 Å². The van der Waals surface area contributed by atoms with Crippen molar-refractivity contribution in [2.75, 3.05) is 6.61 Å². The highest BCUT2D eigenvalue weighted by Gasteiger charge is 2.50. The van der Waals surface area contributed by atoms with Crippen molar-refractivity contribution < 1.29 is 24.1 Å². The van der Waals surface area contributed by atoms with Gasteiger partial charge in [-0.25, -0.2) is 0 Å². The minimum Gasteiger partial charge on any atom is -0.407 e. The van der Waals surface area contributed by atoms with Crippen LogP contribution in [-0.2, 0) is 13.9 Å². The minimum atomic E-state index is -2.57. The summed E-state index contributed by atoms with van der Waals surface area (Å²) >= 11 is 0. The smallest absolute Gasteiger partial charge is 0.261 e. The zero-order valence-electron chi connectivity index (χ0n) is 23.8. The van der Waals surface area contributed by atoms with Crippen LogP contribution in [0.3, 0.4) is 0 Å². The van der Waals surface area contributed by atoms with E-state index in [0.29, 0.717) is 6.61 Å². The number of allylic oxidation sites excluding steroid dienone is 1. The molecule has 1 aliphatic heterocycles. The van der Waals surface area contributed by atoms with Gasteiger partial charge in [0.25, 0.3) is 8.32 Å². The molecule has 0 aliphatic carbocycles. The zero-order chi connectivity index (χ0) is 28.0. The van der Waals surface area contributed by atoms with Crippen molar-refractivity contribution in [2.45, 2.75) is 89.6 Å². The molecule has 5 atom stereocenters. The van der Waals surface area contributed by atoms with Crippen LogP contribution in [0, 0.1) is 5.92 Å². The summed E-state index contributed by atoms with van der Waals surface area (Å²) in [6, 6.07) is 21.3. The summed E-state index contributed by atoms with van der Waals surface area (Å²) in [6.07, 6.45) is 3.69. The molecule has 0 radical (unpaired) electrons. The SMILES string of the molecule is C=C[C@@H]1OC(C)(C)O[C@@H]1[C@@H](O)C[C@@H](O)/C=C/C[C@@H](C)CO[Si](c1ccccc1)(c1ccccc1)C(C)(C)C. The van der Waals surface area contributed by atoms with Gasteiger partial charge in [-0.15, -0.1) is 6.58 Å². The summed E-state index contributed by atoms with van der Waals surface area (Å²) in [5, 5.41) is 23.7. The van der Waals surface area contributed by atoms with Crippen molar-refractivity contribution in [3.8, 4) is 0 Å².